The van der Waals surface area contributed by atoms with Crippen molar-refractivity contribution in [2.45, 2.75) is 51.0 Å². The molecule has 3 amide bonds. The number of carbonyl (C=O) groups excluding carboxylic acids is 4. The Labute approximate surface area is 245 Å². The number of carbonyl (C=O) groups is 4. The Morgan fingerprint density at radius 3 is 1.86 bits per heavy atom. The molecule has 1 fully saturated rings. The maximum absolute atomic E-state index is 14.2. The second-order valence-corrected chi connectivity index (χ2v) is 11.1. The van der Waals surface area contributed by atoms with Gasteiger partial charge in [-0.05, 0) is 47.7 Å². The largest absolute Gasteiger partial charge is 0.492 e. The Hall–Kier alpha value is -4.46. The monoisotopic (exact) mass is 566 g/mol. The average molecular weight is 567 g/mol. The molecule has 8 heteroatoms. The number of likely N-dealkylation sites (tertiary alicyclic amines) is 1. The van der Waals surface area contributed by atoms with E-state index in [1.165, 1.54) is 0 Å². The first-order chi connectivity index (χ1) is 20.5. The fourth-order valence-corrected chi connectivity index (χ4v) is 7.03. The number of imide groups is 1. The van der Waals surface area contributed by atoms with Gasteiger partial charge in [0.2, 0.25) is 11.8 Å². The smallest absolute Gasteiger partial charge is 0.329 e. The molecule has 7 rings (SSSR count). The molecule has 0 spiro atoms. The molecule has 0 aromatic heterocycles. The molecule has 8 nitrogen and oxygen atoms in total. The highest BCUT2D eigenvalue weighted by molar-refractivity contribution is 6.10. The van der Waals surface area contributed by atoms with E-state index in [1.807, 2.05) is 62.4 Å². The van der Waals surface area contributed by atoms with Gasteiger partial charge in [-0.15, -0.1) is 0 Å². The third-order valence-corrected chi connectivity index (χ3v) is 8.70. The summed E-state index contributed by atoms with van der Waals surface area (Å²) in [7, 11) is 0. The summed E-state index contributed by atoms with van der Waals surface area (Å²) < 4.78 is 11.0. The molecule has 0 unspecified atom stereocenters. The molecule has 42 heavy (non-hydrogen) atoms. The van der Waals surface area contributed by atoms with Gasteiger partial charge in [0.1, 0.15) is 11.8 Å². The van der Waals surface area contributed by atoms with Crippen molar-refractivity contribution in [1.29, 1.82) is 0 Å². The number of ether oxygens (including phenoxy) is 2. The van der Waals surface area contributed by atoms with Crippen molar-refractivity contribution >= 4 is 29.4 Å². The molecule has 0 saturated carbocycles. The van der Waals surface area contributed by atoms with Gasteiger partial charge in [-0.25, -0.2) is 4.79 Å². The lowest BCUT2D eigenvalue weighted by Crippen LogP contribution is -2.47. The lowest BCUT2D eigenvalue weighted by atomic mass is 9.55. The first-order valence-corrected chi connectivity index (χ1v) is 14.7. The van der Waals surface area contributed by atoms with Crippen LogP contribution in [0.3, 0.4) is 0 Å². The fourth-order valence-electron chi connectivity index (χ4n) is 7.03. The zero-order chi connectivity index (χ0) is 29.4. The SMILES string of the molecule is CCCC[C@H](C(=O)OCC(=O)Nc1ccccc1OCC)N1C(=O)[C@@H]2C3c4ccccc4C(c4ccccc43)[C@@H]2C1=O. The maximum Gasteiger partial charge on any atom is 0.329 e. The van der Waals surface area contributed by atoms with Crippen molar-refractivity contribution in [2.75, 3.05) is 18.5 Å². The second-order valence-electron chi connectivity index (χ2n) is 11.1. The number of nitrogens with one attached hydrogen (secondary N) is 1. The zero-order valence-corrected chi connectivity index (χ0v) is 23.7. The third kappa shape index (κ3) is 4.55. The van der Waals surface area contributed by atoms with Crippen molar-refractivity contribution in [3.8, 4) is 5.75 Å². The van der Waals surface area contributed by atoms with Crippen molar-refractivity contribution in [1.82, 2.24) is 4.90 Å². The summed E-state index contributed by atoms with van der Waals surface area (Å²) in [6.07, 6.45) is 1.66. The summed E-state index contributed by atoms with van der Waals surface area (Å²) in [5.74, 6) is -3.13. The standard InChI is InChI=1S/C34H34N2O6/c1-3-5-17-25(34(40)42-19-27(37)35-24-16-10-11-18-26(24)41-4-2)36-32(38)30-28-20-12-6-7-13-21(20)29(31(30)33(36)39)23-15-9-8-14-22(23)28/h6-16,18,25,28-31H,3-5,17,19H2,1-2H3,(H,35,37)/t25-,28?,29?,30-,31+/m1/s1. The summed E-state index contributed by atoms with van der Waals surface area (Å²) in [6.45, 7) is 3.70. The van der Waals surface area contributed by atoms with Gasteiger partial charge >= 0.3 is 5.97 Å². The van der Waals surface area contributed by atoms with Crippen LogP contribution in [0, 0.1) is 11.8 Å². The van der Waals surface area contributed by atoms with Gasteiger partial charge in [0.15, 0.2) is 6.61 Å². The molecule has 1 heterocycles. The number of esters is 1. The van der Waals surface area contributed by atoms with E-state index in [9.17, 15) is 19.2 Å². The highest BCUT2D eigenvalue weighted by Crippen LogP contribution is 2.61. The van der Waals surface area contributed by atoms with Gasteiger partial charge in [-0.1, -0.05) is 80.4 Å². The summed E-state index contributed by atoms with van der Waals surface area (Å²) in [5.41, 5.74) is 4.75. The van der Waals surface area contributed by atoms with Gasteiger partial charge < -0.3 is 14.8 Å². The van der Waals surface area contributed by atoms with Crippen LogP contribution in [-0.2, 0) is 23.9 Å². The van der Waals surface area contributed by atoms with E-state index in [0.29, 0.717) is 24.5 Å². The summed E-state index contributed by atoms with van der Waals surface area (Å²) in [6, 6.07) is 22.0. The molecule has 1 saturated heterocycles. The number of hydrogen-bond acceptors (Lipinski definition) is 6. The third-order valence-electron chi connectivity index (χ3n) is 8.70. The maximum atomic E-state index is 14.2. The van der Waals surface area contributed by atoms with Crippen LogP contribution >= 0.6 is 0 Å². The predicted molar refractivity (Wildman–Crippen MR) is 156 cm³/mol. The van der Waals surface area contributed by atoms with Gasteiger partial charge in [-0.2, -0.15) is 0 Å². The van der Waals surface area contributed by atoms with Crippen LogP contribution in [0.2, 0.25) is 0 Å². The molecule has 3 aliphatic carbocycles. The Kier molecular flexibility index (Phi) is 7.54. The van der Waals surface area contributed by atoms with Gasteiger partial charge in [-0.3, -0.25) is 19.3 Å². The Bertz CT molecular complexity index is 1430. The Morgan fingerprint density at radius 2 is 1.33 bits per heavy atom. The number of nitrogens with zero attached hydrogens (tertiary/aromatic N) is 1. The van der Waals surface area contributed by atoms with Crippen molar-refractivity contribution in [2.24, 2.45) is 11.8 Å². The molecular weight excluding hydrogens is 532 g/mol. The number of amides is 3. The number of unbranched alkanes of at least 4 members (excludes halogenated alkanes) is 1. The lowest BCUT2D eigenvalue weighted by Gasteiger charge is -2.45. The molecule has 3 aromatic rings. The number of para-hydroxylation sites is 2. The minimum atomic E-state index is -1.09. The minimum Gasteiger partial charge on any atom is -0.492 e. The molecular formula is C34H34N2O6. The van der Waals surface area contributed by atoms with E-state index in [1.54, 1.807) is 24.3 Å². The van der Waals surface area contributed by atoms with E-state index in [0.717, 1.165) is 33.6 Å². The predicted octanol–water partition coefficient (Wildman–Crippen LogP) is 5.02. The molecule has 4 aliphatic rings. The first kappa shape index (κ1) is 27.7. The highest BCUT2D eigenvalue weighted by atomic mass is 16.5. The van der Waals surface area contributed by atoms with Gasteiger partial charge in [0, 0.05) is 11.8 Å². The molecule has 216 valence electrons. The molecule has 3 aromatic carbocycles. The molecule has 1 N–H and O–H groups in total. The lowest BCUT2D eigenvalue weighted by molar-refractivity contribution is -0.160. The number of benzene rings is 3. The van der Waals surface area contributed by atoms with E-state index >= 15 is 0 Å². The van der Waals surface area contributed by atoms with Crippen molar-refractivity contribution in [3.05, 3.63) is 95.1 Å². The summed E-state index contributed by atoms with van der Waals surface area (Å²) in [4.78, 5) is 55.7. The van der Waals surface area contributed by atoms with Crippen LogP contribution in [0.5, 0.6) is 5.75 Å². The number of anilines is 1. The van der Waals surface area contributed by atoms with Crippen molar-refractivity contribution < 1.29 is 28.7 Å². The van der Waals surface area contributed by atoms with Crippen molar-refractivity contribution in [3.63, 3.8) is 0 Å². The second kappa shape index (κ2) is 11.4. The molecule has 1 aliphatic heterocycles. The Balaban J connectivity index is 1.24. The van der Waals surface area contributed by atoms with Crippen LogP contribution in [-0.4, -0.2) is 47.8 Å². The highest BCUT2D eigenvalue weighted by Gasteiger charge is 2.63. The Morgan fingerprint density at radius 1 is 0.810 bits per heavy atom. The van der Waals surface area contributed by atoms with Crippen LogP contribution in [0.15, 0.2) is 72.8 Å². The first-order valence-electron chi connectivity index (χ1n) is 14.7. The van der Waals surface area contributed by atoms with E-state index in [-0.39, 0.29) is 30.1 Å². The zero-order valence-electron chi connectivity index (χ0n) is 23.7. The van der Waals surface area contributed by atoms with Gasteiger partial charge in [0.25, 0.3) is 5.91 Å². The fraction of sp³-hybridized carbons (Fsp3) is 0.353. The van der Waals surface area contributed by atoms with Gasteiger partial charge in [0.05, 0.1) is 24.1 Å². The number of rotatable bonds is 10. The van der Waals surface area contributed by atoms with E-state index in [4.69, 9.17) is 9.47 Å². The molecule has 0 radical (unpaired) electrons. The molecule has 2 bridgehead atoms. The topological polar surface area (TPSA) is 102 Å². The summed E-state index contributed by atoms with van der Waals surface area (Å²) >= 11 is 0. The minimum absolute atomic E-state index is 0.257. The van der Waals surface area contributed by atoms with E-state index < -0.39 is 36.4 Å². The van der Waals surface area contributed by atoms with Crippen LogP contribution in [0.25, 0.3) is 0 Å². The number of hydrogen-bond donors (Lipinski definition) is 1. The van der Waals surface area contributed by atoms with Crippen LogP contribution < -0.4 is 10.1 Å². The molecule has 3 atom stereocenters. The average Bonchev–Trinajstić information content (AvgIpc) is 3.27. The normalized spacial score (nSPS) is 22.2. The van der Waals surface area contributed by atoms with Crippen LogP contribution in [0.4, 0.5) is 5.69 Å². The summed E-state index contributed by atoms with van der Waals surface area (Å²) in [5, 5.41) is 2.71. The van der Waals surface area contributed by atoms with Crippen LogP contribution in [0.1, 0.15) is 67.2 Å². The van der Waals surface area contributed by atoms with E-state index in [2.05, 4.69) is 5.32 Å². The quantitative estimate of drug-likeness (QED) is 0.273.